The molecule has 80 valence electrons. The first-order valence-electron chi connectivity index (χ1n) is 5.10. The van der Waals surface area contributed by atoms with Crippen LogP contribution in [0.4, 0.5) is 4.39 Å². The van der Waals surface area contributed by atoms with Crippen molar-refractivity contribution in [2.45, 2.75) is 25.7 Å². The van der Waals surface area contributed by atoms with Crippen molar-refractivity contribution in [1.82, 2.24) is 0 Å². The molecule has 2 rings (SSSR count). The van der Waals surface area contributed by atoms with Crippen molar-refractivity contribution in [3.8, 4) is 0 Å². The molecular weight excluding hydrogens is 195 g/mol. The molecule has 2 nitrogen and oxygen atoms in total. The van der Waals surface area contributed by atoms with Gasteiger partial charge in [-0.3, -0.25) is 4.79 Å². The fourth-order valence-corrected chi connectivity index (χ4v) is 2.31. The quantitative estimate of drug-likeness (QED) is 0.811. The van der Waals surface area contributed by atoms with Crippen LogP contribution in [0.1, 0.15) is 30.4 Å². The maximum absolute atomic E-state index is 12.9. The first-order valence-corrected chi connectivity index (χ1v) is 5.10. The first kappa shape index (κ1) is 10.1. The zero-order chi connectivity index (χ0) is 11.0. The molecule has 0 aliphatic heterocycles. The third kappa shape index (κ3) is 1.74. The molecule has 1 aliphatic rings. The van der Waals surface area contributed by atoms with Crippen LogP contribution in [0.2, 0.25) is 0 Å². The minimum absolute atomic E-state index is 0.0399. The number of hydrogen-bond donors (Lipinski definition) is 1. The van der Waals surface area contributed by atoms with Gasteiger partial charge in [0, 0.05) is 0 Å². The van der Waals surface area contributed by atoms with Crippen molar-refractivity contribution in [3.05, 3.63) is 35.1 Å². The summed E-state index contributed by atoms with van der Waals surface area (Å²) < 4.78 is 12.9. The van der Waals surface area contributed by atoms with Crippen LogP contribution >= 0.6 is 0 Å². The molecule has 0 bridgehead atoms. The minimum atomic E-state index is -0.780. The lowest BCUT2D eigenvalue weighted by Gasteiger charge is -2.15. The Morgan fingerprint density at radius 2 is 2.33 bits per heavy atom. The standard InChI is InChI=1S/C12H13FO2/c1-7(12(14)15)10-4-2-8-6-9(13)3-5-11(8)10/h3,5-7,10H,2,4H2,1H3,(H,14,15). The third-order valence-electron chi connectivity index (χ3n) is 3.22. The first-order chi connectivity index (χ1) is 7.09. The van der Waals surface area contributed by atoms with E-state index >= 15 is 0 Å². The van der Waals surface area contributed by atoms with Crippen molar-refractivity contribution >= 4 is 5.97 Å². The van der Waals surface area contributed by atoms with Gasteiger partial charge >= 0.3 is 5.97 Å². The smallest absolute Gasteiger partial charge is 0.306 e. The fraction of sp³-hybridized carbons (Fsp3) is 0.417. The van der Waals surface area contributed by atoms with Gasteiger partial charge < -0.3 is 5.11 Å². The molecule has 0 spiro atoms. The Balaban J connectivity index is 2.32. The monoisotopic (exact) mass is 208 g/mol. The van der Waals surface area contributed by atoms with E-state index < -0.39 is 11.9 Å². The highest BCUT2D eigenvalue weighted by atomic mass is 19.1. The number of fused-ring (bicyclic) bond motifs is 1. The van der Waals surface area contributed by atoms with Crippen LogP contribution in [0.5, 0.6) is 0 Å². The normalized spacial score (nSPS) is 21.1. The molecule has 1 aromatic rings. The molecule has 2 unspecified atom stereocenters. The van der Waals surface area contributed by atoms with E-state index in [0.29, 0.717) is 0 Å². The molecule has 1 aliphatic carbocycles. The van der Waals surface area contributed by atoms with E-state index in [4.69, 9.17) is 5.11 Å². The van der Waals surface area contributed by atoms with Gasteiger partial charge in [-0.15, -0.1) is 0 Å². The molecule has 2 atom stereocenters. The average molecular weight is 208 g/mol. The third-order valence-corrected chi connectivity index (χ3v) is 3.22. The lowest BCUT2D eigenvalue weighted by atomic mass is 9.89. The predicted molar refractivity (Wildman–Crippen MR) is 54.3 cm³/mol. The Morgan fingerprint density at radius 1 is 1.60 bits per heavy atom. The molecule has 15 heavy (non-hydrogen) atoms. The number of benzene rings is 1. The van der Waals surface area contributed by atoms with E-state index in [9.17, 15) is 9.18 Å². The molecule has 0 saturated carbocycles. The summed E-state index contributed by atoms with van der Waals surface area (Å²) in [6.45, 7) is 1.71. The molecule has 1 N–H and O–H groups in total. The van der Waals surface area contributed by atoms with Crippen molar-refractivity contribution < 1.29 is 14.3 Å². The van der Waals surface area contributed by atoms with Crippen LogP contribution in [0.15, 0.2) is 18.2 Å². The number of aliphatic carboxylic acids is 1. The number of aryl methyl sites for hydroxylation is 1. The van der Waals surface area contributed by atoms with Crippen molar-refractivity contribution in [3.63, 3.8) is 0 Å². The summed E-state index contributed by atoms with van der Waals surface area (Å²) in [4.78, 5) is 10.9. The zero-order valence-corrected chi connectivity index (χ0v) is 8.53. The summed E-state index contributed by atoms with van der Waals surface area (Å²) in [5.41, 5.74) is 1.97. The topological polar surface area (TPSA) is 37.3 Å². The molecule has 0 heterocycles. The van der Waals surface area contributed by atoms with Gasteiger partial charge in [-0.1, -0.05) is 13.0 Å². The highest BCUT2D eigenvalue weighted by Crippen LogP contribution is 2.38. The molecule has 0 radical (unpaired) electrons. The Labute approximate surface area is 87.7 Å². The summed E-state index contributed by atoms with van der Waals surface area (Å²) in [6.07, 6.45) is 1.60. The van der Waals surface area contributed by atoms with Gasteiger partial charge in [0.1, 0.15) is 5.82 Å². The van der Waals surface area contributed by atoms with Crippen LogP contribution in [-0.4, -0.2) is 11.1 Å². The second-order valence-electron chi connectivity index (χ2n) is 4.12. The highest BCUT2D eigenvalue weighted by Gasteiger charge is 2.31. The van der Waals surface area contributed by atoms with Crippen LogP contribution in [0.25, 0.3) is 0 Å². The maximum Gasteiger partial charge on any atom is 0.306 e. The number of carboxylic acids is 1. The lowest BCUT2D eigenvalue weighted by molar-refractivity contribution is -0.141. The molecule has 0 amide bonds. The summed E-state index contributed by atoms with van der Waals surface area (Å²) in [7, 11) is 0. The zero-order valence-electron chi connectivity index (χ0n) is 8.53. The fourth-order valence-electron chi connectivity index (χ4n) is 2.31. The second kappa shape index (κ2) is 3.65. The molecular formula is C12H13FO2. The van der Waals surface area contributed by atoms with Gasteiger partial charge in [0.15, 0.2) is 0 Å². The number of rotatable bonds is 2. The van der Waals surface area contributed by atoms with E-state index in [1.807, 2.05) is 0 Å². The Bertz CT molecular complexity index is 401. The van der Waals surface area contributed by atoms with Crippen LogP contribution in [0.3, 0.4) is 0 Å². The van der Waals surface area contributed by atoms with E-state index in [0.717, 1.165) is 24.0 Å². The number of halogens is 1. The van der Waals surface area contributed by atoms with Crippen LogP contribution in [-0.2, 0) is 11.2 Å². The van der Waals surface area contributed by atoms with E-state index in [1.165, 1.54) is 12.1 Å². The number of carboxylic acid groups (broad SMARTS) is 1. The molecule has 1 aromatic carbocycles. The Morgan fingerprint density at radius 3 is 3.00 bits per heavy atom. The maximum atomic E-state index is 12.9. The van der Waals surface area contributed by atoms with Crippen molar-refractivity contribution in [2.75, 3.05) is 0 Å². The highest BCUT2D eigenvalue weighted by molar-refractivity contribution is 5.71. The van der Waals surface area contributed by atoms with E-state index in [2.05, 4.69) is 0 Å². The summed E-state index contributed by atoms with van der Waals surface area (Å²) >= 11 is 0. The van der Waals surface area contributed by atoms with Gasteiger partial charge in [0.25, 0.3) is 0 Å². The van der Waals surface area contributed by atoms with Crippen LogP contribution < -0.4 is 0 Å². The van der Waals surface area contributed by atoms with Gasteiger partial charge in [0.2, 0.25) is 0 Å². The van der Waals surface area contributed by atoms with Crippen molar-refractivity contribution in [2.24, 2.45) is 5.92 Å². The second-order valence-corrected chi connectivity index (χ2v) is 4.12. The molecule has 3 heteroatoms. The average Bonchev–Trinajstić information content (AvgIpc) is 2.59. The summed E-state index contributed by atoms with van der Waals surface area (Å²) in [5.74, 6) is -1.37. The minimum Gasteiger partial charge on any atom is -0.481 e. The summed E-state index contributed by atoms with van der Waals surface area (Å²) in [5, 5.41) is 8.95. The lowest BCUT2D eigenvalue weighted by Crippen LogP contribution is -2.17. The molecule has 0 saturated heterocycles. The molecule has 0 fully saturated rings. The Hall–Kier alpha value is -1.38. The predicted octanol–water partition coefficient (Wildman–Crippen LogP) is 2.58. The van der Waals surface area contributed by atoms with Crippen LogP contribution in [0, 0.1) is 11.7 Å². The van der Waals surface area contributed by atoms with Gasteiger partial charge in [-0.2, -0.15) is 0 Å². The summed E-state index contributed by atoms with van der Waals surface area (Å²) in [6, 6.07) is 4.65. The van der Waals surface area contributed by atoms with Gasteiger partial charge in [-0.05, 0) is 42.0 Å². The van der Waals surface area contributed by atoms with Gasteiger partial charge in [-0.25, -0.2) is 4.39 Å². The Kier molecular flexibility index (Phi) is 2.47. The SMILES string of the molecule is CC(C(=O)O)C1CCc2cc(F)ccc21. The number of hydrogen-bond acceptors (Lipinski definition) is 1. The van der Waals surface area contributed by atoms with Gasteiger partial charge in [0.05, 0.1) is 5.92 Å². The van der Waals surface area contributed by atoms with E-state index in [1.54, 1.807) is 13.0 Å². The van der Waals surface area contributed by atoms with E-state index in [-0.39, 0.29) is 11.7 Å². The molecule has 0 aromatic heterocycles. The largest absolute Gasteiger partial charge is 0.481 e. The van der Waals surface area contributed by atoms with Crippen molar-refractivity contribution in [1.29, 1.82) is 0 Å². The number of carbonyl (C=O) groups is 1.